The number of nitrogens with zero attached hydrogens (tertiary/aromatic N) is 3. The third kappa shape index (κ3) is 6.38. The number of nitrogens with one attached hydrogen (secondary N) is 1. The average molecular weight is 531 g/mol. The lowest BCUT2D eigenvalue weighted by atomic mass is 10.2. The average Bonchev–Trinajstić information content (AvgIpc) is 3.38. The van der Waals surface area contributed by atoms with Gasteiger partial charge in [-0.2, -0.15) is 0 Å². The number of esters is 1. The first-order valence-electron chi connectivity index (χ1n) is 12.2. The van der Waals surface area contributed by atoms with Gasteiger partial charge < -0.3 is 24.3 Å². The number of fused-ring (bicyclic) bond motifs is 1. The first-order valence-corrected chi connectivity index (χ1v) is 12.6. The van der Waals surface area contributed by atoms with Gasteiger partial charge in [0.25, 0.3) is 0 Å². The summed E-state index contributed by atoms with van der Waals surface area (Å²) in [5.74, 6) is 0.839. The standard InChI is InChI=1S/C26H28ClFN4O5/c1-16-12-32(13-25(33)37-16)6-8-35-23-10-19-22(11-24(23)36-14-18-3-2-7-34-18)29-15-30-26(19)31-17-4-5-21(28)20(27)9-17/h4-5,9-11,15-16,18H,2-3,6-8,12-14H2,1H3,(H,29,30,31). The monoisotopic (exact) mass is 530 g/mol. The molecule has 0 spiro atoms. The number of cyclic esters (lactones) is 1. The second kappa shape index (κ2) is 11.5. The van der Waals surface area contributed by atoms with Crippen LogP contribution in [0.25, 0.3) is 10.9 Å². The summed E-state index contributed by atoms with van der Waals surface area (Å²) in [6, 6.07) is 7.99. The van der Waals surface area contributed by atoms with E-state index < -0.39 is 5.82 Å². The van der Waals surface area contributed by atoms with Gasteiger partial charge in [0, 0.05) is 36.8 Å². The van der Waals surface area contributed by atoms with Crippen molar-refractivity contribution in [3.8, 4) is 11.5 Å². The highest BCUT2D eigenvalue weighted by atomic mass is 35.5. The van der Waals surface area contributed by atoms with Crippen molar-refractivity contribution in [2.75, 3.05) is 44.8 Å². The zero-order valence-corrected chi connectivity index (χ0v) is 21.2. The van der Waals surface area contributed by atoms with E-state index in [1.807, 2.05) is 24.0 Å². The van der Waals surface area contributed by atoms with Crippen LogP contribution in [0.2, 0.25) is 5.02 Å². The van der Waals surface area contributed by atoms with Crippen molar-refractivity contribution in [2.24, 2.45) is 0 Å². The van der Waals surface area contributed by atoms with Crippen molar-refractivity contribution < 1.29 is 28.1 Å². The zero-order chi connectivity index (χ0) is 25.8. The van der Waals surface area contributed by atoms with Crippen molar-refractivity contribution >= 4 is 40.0 Å². The van der Waals surface area contributed by atoms with E-state index in [0.717, 1.165) is 19.4 Å². The van der Waals surface area contributed by atoms with Gasteiger partial charge in [-0.25, -0.2) is 14.4 Å². The highest BCUT2D eigenvalue weighted by Crippen LogP contribution is 2.36. The third-order valence-corrected chi connectivity index (χ3v) is 6.49. The Morgan fingerprint density at radius 1 is 1.22 bits per heavy atom. The summed E-state index contributed by atoms with van der Waals surface area (Å²) in [4.78, 5) is 22.5. The van der Waals surface area contributed by atoms with Gasteiger partial charge >= 0.3 is 5.97 Å². The fourth-order valence-electron chi connectivity index (χ4n) is 4.42. The highest BCUT2D eigenvalue weighted by molar-refractivity contribution is 6.31. The number of halogens is 2. The minimum atomic E-state index is -0.500. The molecule has 0 bridgehead atoms. The molecule has 1 aromatic heterocycles. The summed E-state index contributed by atoms with van der Waals surface area (Å²) in [6.07, 6.45) is 3.29. The van der Waals surface area contributed by atoms with Gasteiger partial charge in [0.2, 0.25) is 0 Å². The number of rotatable bonds is 9. The smallest absolute Gasteiger partial charge is 0.320 e. The van der Waals surface area contributed by atoms with E-state index in [-0.39, 0.29) is 29.7 Å². The summed E-state index contributed by atoms with van der Waals surface area (Å²) in [6.45, 7) is 4.78. The second-order valence-electron chi connectivity index (χ2n) is 9.12. The normalized spacial score (nSPS) is 20.1. The lowest BCUT2D eigenvalue weighted by molar-refractivity contribution is -0.157. The summed E-state index contributed by atoms with van der Waals surface area (Å²) in [5.41, 5.74) is 1.23. The molecule has 0 amide bonds. The Labute approximate surface area is 218 Å². The molecule has 196 valence electrons. The van der Waals surface area contributed by atoms with E-state index in [9.17, 15) is 9.18 Å². The maximum Gasteiger partial charge on any atom is 0.320 e. The van der Waals surface area contributed by atoms with Crippen LogP contribution in [-0.4, -0.2) is 72.5 Å². The van der Waals surface area contributed by atoms with E-state index >= 15 is 0 Å². The molecule has 0 aliphatic carbocycles. The van der Waals surface area contributed by atoms with Crippen LogP contribution in [0.1, 0.15) is 19.8 Å². The highest BCUT2D eigenvalue weighted by Gasteiger charge is 2.24. The van der Waals surface area contributed by atoms with Crippen LogP contribution >= 0.6 is 11.6 Å². The Kier molecular flexibility index (Phi) is 7.87. The third-order valence-electron chi connectivity index (χ3n) is 6.20. The SMILES string of the molecule is CC1CN(CCOc2cc3c(Nc4ccc(F)c(Cl)c4)ncnc3cc2OCC2CCCO2)CC(=O)O1. The molecular weight excluding hydrogens is 503 g/mol. The molecule has 2 fully saturated rings. The Bertz CT molecular complexity index is 1270. The van der Waals surface area contributed by atoms with Crippen LogP contribution in [-0.2, 0) is 14.3 Å². The molecule has 2 aliphatic heterocycles. The number of carbonyl (C=O) groups is 1. The maximum absolute atomic E-state index is 13.6. The molecule has 5 rings (SSSR count). The molecule has 2 saturated heterocycles. The first kappa shape index (κ1) is 25.4. The predicted molar refractivity (Wildman–Crippen MR) is 136 cm³/mol. The van der Waals surface area contributed by atoms with Crippen molar-refractivity contribution in [1.82, 2.24) is 14.9 Å². The molecule has 2 unspecified atom stereocenters. The molecule has 2 aliphatic rings. The van der Waals surface area contributed by atoms with E-state index in [0.29, 0.717) is 60.2 Å². The molecule has 0 saturated carbocycles. The second-order valence-corrected chi connectivity index (χ2v) is 9.53. The van der Waals surface area contributed by atoms with Gasteiger partial charge in [0.05, 0.1) is 23.2 Å². The number of ether oxygens (including phenoxy) is 4. The summed E-state index contributed by atoms with van der Waals surface area (Å²) in [7, 11) is 0. The number of benzene rings is 2. The summed E-state index contributed by atoms with van der Waals surface area (Å²) in [5, 5.41) is 3.88. The van der Waals surface area contributed by atoms with Crippen LogP contribution in [0.5, 0.6) is 11.5 Å². The van der Waals surface area contributed by atoms with Crippen LogP contribution in [0.3, 0.4) is 0 Å². The largest absolute Gasteiger partial charge is 0.488 e. The molecular formula is C26H28ClFN4O5. The quantitative estimate of drug-likeness (QED) is 0.405. The number of hydrogen-bond acceptors (Lipinski definition) is 9. The number of morpholine rings is 1. The topological polar surface area (TPSA) is 95.0 Å². The van der Waals surface area contributed by atoms with Crippen molar-refractivity contribution in [1.29, 1.82) is 0 Å². The first-order chi connectivity index (χ1) is 17.9. The number of aromatic nitrogens is 2. The van der Waals surface area contributed by atoms with Crippen molar-refractivity contribution in [3.05, 3.63) is 47.5 Å². The van der Waals surface area contributed by atoms with E-state index in [1.165, 1.54) is 18.5 Å². The van der Waals surface area contributed by atoms with Gasteiger partial charge in [0.15, 0.2) is 11.5 Å². The van der Waals surface area contributed by atoms with Crippen LogP contribution in [0, 0.1) is 5.82 Å². The lowest BCUT2D eigenvalue weighted by Gasteiger charge is -2.30. The van der Waals surface area contributed by atoms with E-state index in [2.05, 4.69) is 15.3 Å². The van der Waals surface area contributed by atoms with E-state index in [4.69, 9.17) is 30.5 Å². The number of anilines is 2. The molecule has 2 aromatic carbocycles. The summed E-state index contributed by atoms with van der Waals surface area (Å²) < 4.78 is 36.8. The van der Waals surface area contributed by atoms with Gasteiger partial charge in [0.1, 0.15) is 37.3 Å². The minimum absolute atomic E-state index is 0.00751. The fourth-order valence-corrected chi connectivity index (χ4v) is 4.60. The molecule has 1 N–H and O–H groups in total. The molecule has 11 heteroatoms. The van der Waals surface area contributed by atoms with Crippen molar-refractivity contribution in [2.45, 2.75) is 32.0 Å². The van der Waals surface area contributed by atoms with Crippen molar-refractivity contribution in [3.63, 3.8) is 0 Å². The predicted octanol–water partition coefficient (Wildman–Crippen LogP) is 4.35. The van der Waals surface area contributed by atoms with Gasteiger partial charge in [-0.15, -0.1) is 0 Å². The Balaban J connectivity index is 1.38. The number of carbonyl (C=O) groups excluding carboxylic acids is 1. The molecule has 3 aromatic rings. The Morgan fingerprint density at radius 2 is 2.08 bits per heavy atom. The molecule has 3 heterocycles. The number of hydrogen-bond donors (Lipinski definition) is 1. The molecule has 9 nitrogen and oxygen atoms in total. The van der Waals surface area contributed by atoms with Gasteiger partial charge in [-0.05, 0) is 44.0 Å². The Hall–Kier alpha value is -3.21. The zero-order valence-electron chi connectivity index (χ0n) is 20.4. The lowest BCUT2D eigenvalue weighted by Crippen LogP contribution is -2.45. The van der Waals surface area contributed by atoms with E-state index in [1.54, 1.807) is 6.07 Å². The van der Waals surface area contributed by atoms with Crippen LogP contribution in [0.15, 0.2) is 36.7 Å². The van der Waals surface area contributed by atoms with Gasteiger partial charge in [-0.1, -0.05) is 11.6 Å². The van der Waals surface area contributed by atoms with Crippen LogP contribution < -0.4 is 14.8 Å². The molecule has 37 heavy (non-hydrogen) atoms. The molecule has 2 atom stereocenters. The van der Waals surface area contributed by atoms with Gasteiger partial charge in [-0.3, -0.25) is 9.69 Å². The summed E-state index contributed by atoms with van der Waals surface area (Å²) >= 11 is 5.94. The maximum atomic E-state index is 13.6. The minimum Gasteiger partial charge on any atom is -0.488 e. The Morgan fingerprint density at radius 3 is 2.86 bits per heavy atom. The molecule has 0 radical (unpaired) electrons. The van der Waals surface area contributed by atoms with Crippen LogP contribution in [0.4, 0.5) is 15.9 Å². The fraction of sp³-hybridized carbons (Fsp3) is 0.423.